The summed E-state index contributed by atoms with van der Waals surface area (Å²) < 4.78 is 0. The molecule has 0 fully saturated rings. The van der Waals surface area contributed by atoms with Crippen LogP contribution in [-0.2, 0) is 16.0 Å². The molecule has 0 aliphatic heterocycles. The lowest BCUT2D eigenvalue weighted by atomic mass is 9.99. The molecule has 1 aromatic heterocycles. The molecule has 0 radical (unpaired) electrons. The average molecular weight is 268 g/mol. The minimum atomic E-state index is -1.03. The maximum absolute atomic E-state index is 11.8. The van der Waals surface area contributed by atoms with Gasteiger partial charge in [0.1, 0.15) is 6.04 Å². The van der Waals surface area contributed by atoms with Crippen molar-refractivity contribution in [3.8, 4) is 11.3 Å². The highest BCUT2D eigenvalue weighted by molar-refractivity contribution is 6.05. The highest BCUT2D eigenvalue weighted by atomic mass is 16.2. The number of nitrogens with zero attached hydrogens (tertiary/aromatic N) is 1. The third-order valence-electron chi connectivity index (χ3n) is 3.05. The summed E-state index contributed by atoms with van der Waals surface area (Å²) in [4.78, 5) is 27.2. The van der Waals surface area contributed by atoms with Crippen molar-refractivity contribution in [2.24, 2.45) is 5.73 Å². The zero-order valence-electron chi connectivity index (χ0n) is 11.2. The van der Waals surface area contributed by atoms with Gasteiger partial charge in [0.25, 0.3) is 0 Å². The van der Waals surface area contributed by atoms with Crippen molar-refractivity contribution in [2.45, 2.75) is 19.4 Å². The molecule has 0 saturated carbocycles. The second kappa shape index (κ2) is 6.21. The normalized spacial score (nSPS) is 11.9. The van der Waals surface area contributed by atoms with Gasteiger partial charge in [0, 0.05) is 18.2 Å². The lowest BCUT2D eigenvalue weighted by Crippen LogP contribution is -2.38. The first-order valence-electron chi connectivity index (χ1n) is 6.37. The van der Waals surface area contributed by atoms with Crippen LogP contribution >= 0.6 is 0 Å². The van der Waals surface area contributed by atoms with E-state index in [0.29, 0.717) is 0 Å². The Morgan fingerprint density at radius 2 is 2.00 bits per heavy atom. The molecule has 2 rings (SSSR count). The van der Waals surface area contributed by atoms with Gasteiger partial charge >= 0.3 is 0 Å². The van der Waals surface area contributed by atoms with Gasteiger partial charge in [0.15, 0.2) is 11.6 Å². The molecule has 2 aromatic rings. The smallest absolute Gasteiger partial charge is 0.161 e. The zero-order chi connectivity index (χ0) is 14.5. The summed E-state index contributed by atoms with van der Waals surface area (Å²) in [5.74, 6) is -0.577. The van der Waals surface area contributed by atoms with E-state index < -0.39 is 6.04 Å². The maximum Gasteiger partial charge on any atom is 0.161 e. The molecule has 0 saturated heterocycles. The molecule has 102 valence electrons. The third-order valence-corrected chi connectivity index (χ3v) is 3.05. The van der Waals surface area contributed by atoms with Gasteiger partial charge in [0.2, 0.25) is 0 Å². The van der Waals surface area contributed by atoms with Gasteiger partial charge < -0.3 is 5.73 Å². The molecular formula is C16H16N2O2. The van der Waals surface area contributed by atoms with Crippen LogP contribution in [0.2, 0.25) is 0 Å². The van der Waals surface area contributed by atoms with Gasteiger partial charge in [-0.05, 0) is 30.7 Å². The number of Topliss-reactive ketones (excluding diaryl/α,β-unsaturated/α-hetero) is 2. The number of hydrogen-bond donors (Lipinski definition) is 1. The number of rotatable bonds is 5. The Labute approximate surface area is 117 Å². The van der Waals surface area contributed by atoms with Gasteiger partial charge in [-0.1, -0.05) is 24.3 Å². The van der Waals surface area contributed by atoms with Crippen molar-refractivity contribution in [3.63, 3.8) is 0 Å². The second-order valence-corrected chi connectivity index (χ2v) is 4.65. The molecule has 2 N–H and O–H groups in total. The predicted molar refractivity (Wildman–Crippen MR) is 77.0 cm³/mol. The van der Waals surface area contributed by atoms with Crippen LogP contribution in [-0.4, -0.2) is 22.6 Å². The monoisotopic (exact) mass is 268 g/mol. The molecule has 0 spiro atoms. The largest absolute Gasteiger partial charge is 0.315 e. The Morgan fingerprint density at radius 1 is 1.20 bits per heavy atom. The van der Waals surface area contributed by atoms with Gasteiger partial charge in [-0.25, -0.2) is 0 Å². The van der Waals surface area contributed by atoms with Crippen LogP contribution in [0.25, 0.3) is 11.3 Å². The maximum atomic E-state index is 11.8. The summed E-state index contributed by atoms with van der Waals surface area (Å²) in [6.07, 6.45) is 1.88. The lowest BCUT2D eigenvalue weighted by molar-refractivity contribution is -0.127. The van der Waals surface area contributed by atoms with E-state index in [9.17, 15) is 9.59 Å². The standard InChI is InChI=1S/C16H16N2O2/c1-11(19)16(17)15(20)10-12-5-4-6-13(9-12)14-7-2-3-8-18-14/h2-9,16H,10,17H2,1H3. The zero-order valence-corrected chi connectivity index (χ0v) is 11.2. The molecule has 0 aliphatic rings. The Bertz CT molecular complexity index is 623. The number of nitrogens with two attached hydrogens (primary N) is 1. The number of carbonyl (C=O) groups excluding carboxylic acids is 2. The number of hydrogen-bond acceptors (Lipinski definition) is 4. The van der Waals surface area contributed by atoms with Crippen LogP contribution in [0.4, 0.5) is 0 Å². The van der Waals surface area contributed by atoms with Crippen molar-refractivity contribution < 1.29 is 9.59 Å². The van der Waals surface area contributed by atoms with Gasteiger partial charge in [0.05, 0.1) is 5.69 Å². The van der Waals surface area contributed by atoms with Gasteiger partial charge in [-0.2, -0.15) is 0 Å². The summed E-state index contributed by atoms with van der Waals surface area (Å²) in [6.45, 7) is 1.33. The fourth-order valence-electron chi connectivity index (χ4n) is 1.91. The highest BCUT2D eigenvalue weighted by Crippen LogP contribution is 2.18. The van der Waals surface area contributed by atoms with Crippen molar-refractivity contribution >= 4 is 11.6 Å². The summed E-state index contributed by atoms with van der Waals surface area (Å²) in [5.41, 5.74) is 8.16. The van der Waals surface area contributed by atoms with Crippen LogP contribution in [0, 0.1) is 0 Å². The van der Waals surface area contributed by atoms with Crippen molar-refractivity contribution in [2.75, 3.05) is 0 Å². The molecule has 0 bridgehead atoms. The molecule has 1 heterocycles. The van der Waals surface area contributed by atoms with E-state index in [-0.39, 0.29) is 18.0 Å². The molecule has 1 atom stereocenters. The van der Waals surface area contributed by atoms with Crippen LogP contribution in [0.5, 0.6) is 0 Å². The van der Waals surface area contributed by atoms with Crippen molar-refractivity contribution in [1.29, 1.82) is 0 Å². The summed E-state index contributed by atoms with van der Waals surface area (Å²) >= 11 is 0. The minimum Gasteiger partial charge on any atom is -0.315 e. The van der Waals surface area contributed by atoms with Crippen LogP contribution in [0.3, 0.4) is 0 Å². The van der Waals surface area contributed by atoms with Crippen LogP contribution < -0.4 is 5.73 Å². The molecule has 0 amide bonds. The number of pyridine rings is 1. The van der Waals surface area contributed by atoms with E-state index in [0.717, 1.165) is 16.8 Å². The van der Waals surface area contributed by atoms with Gasteiger partial charge in [-0.15, -0.1) is 0 Å². The number of carbonyl (C=O) groups is 2. The van der Waals surface area contributed by atoms with Gasteiger partial charge in [-0.3, -0.25) is 14.6 Å². The molecular weight excluding hydrogens is 252 g/mol. The minimum absolute atomic E-state index is 0.154. The van der Waals surface area contributed by atoms with Crippen molar-refractivity contribution in [1.82, 2.24) is 4.98 Å². The third kappa shape index (κ3) is 3.36. The highest BCUT2D eigenvalue weighted by Gasteiger charge is 2.18. The average Bonchev–Trinajstić information content (AvgIpc) is 2.47. The van der Waals surface area contributed by atoms with E-state index in [4.69, 9.17) is 5.73 Å². The first-order valence-corrected chi connectivity index (χ1v) is 6.37. The molecule has 1 aromatic carbocycles. The van der Waals surface area contributed by atoms with E-state index >= 15 is 0 Å². The SMILES string of the molecule is CC(=O)C(N)C(=O)Cc1cccc(-c2ccccn2)c1. The fourth-order valence-corrected chi connectivity index (χ4v) is 1.91. The fraction of sp³-hybridized carbons (Fsp3) is 0.188. The Hall–Kier alpha value is -2.33. The van der Waals surface area contributed by atoms with Crippen molar-refractivity contribution in [3.05, 3.63) is 54.2 Å². The first kappa shape index (κ1) is 14.1. The summed E-state index contributed by atoms with van der Waals surface area (Å²) in [6, 6.07) is 12.2. The first-order chi connectivity index (χ1) is 9.58. The predicted octanol–water partition coefficient (Wildman–Crippen LogP) is 1.78. The molecule has 0 aliphatic carbocycles. The van der Waals surface area contributed by atoms with E-state index in [2.05, 4.69) is 4.98 Å². The number of ketones is 2. The number of benzene rings is 1. The quantitative estimate of drug-likeness (QED) is 0.839. The molecule has 4 nitrogen and oxygen atoms in total. The Balaban J connectivity index is 2.19. The molecule has 20 heavy (non-hydrogen) atoms. The number of aromatic nitrogens is 1. The lowest BCUT2D eigenvalue weighted by Gasteiger charge is -2.08. The van der Waals surface area contributed by atoms with E-state index in [1.54, 1.807) is 6.20 Å². The Morgan fingerprint density at radius 3 is 2.65 bits per heavy atom. The summed E-state index contributed by atoms with van der Waals surface area (Å²) in [7, 11) is 0. The Kier molecular flexibility index (Phi) is 4.38. The topological polar surface area (TPSA) is 73.1 Å². The van der Waals surface area contributed by atoms with E-state index in [1.807, 2.05) is 42.5 Å². The molecule has 1 unspecified atom stereocenters. The van der Waals surface area contributed by atoms with E-state index in [1.165, 1.54) is 6.92 Å². The van der Waals surface area contributed by atoms with Crippen LogP contribution in [0.1, 0.15) is 12.5 Å². The molecule has 4 heteroatoms. The second-order valence-electron chi connectivity index (χ2n) is 4.65. The van der Waals surface area contributed by atoms with Crippen LogP contribution in [0.15, 0.2) is 48.7 Å². The summed E-state index contributed by atoms with van der Waals surface area (Å²) in [5, 5.41) is 0.